The maximum Gasteiger partial charge on any atom is 0.262 e. The van der Waals surface area contributed by atoms with Crippen molar-refractivity contribution in [3.8, 4) is 0 Å². The number of halogens is 2. The molecule has 1 aromatic heterocycles. The molecule has 4 rings (SSSR count). The van der Waals surface area contributed by atoms with E-state index in [0.717, 1.165) is 5.56 Å². The van der Waals surface area contributed by atoms with Gasteiger partial charge in [0.1, 0.15) is 0 Å². The Morgan fingerprint density at radius 1 is 1.17 bits per heavy atom. The van der Waals surface area contributed by atoms with Crippen LogP contribution in [0.4, 0.5) is 8.78 Å². The number of hydrogen-bond acceptors (Lipinski definition) is 4. The molecule has 1 aliphatic carbocycles. The van der Waals surface area contributed by atoms with E-state index in [-0.39, 0.29) is 35.7 Å². The van der Waals surface area contributed by atoms with Gasteiger partial charge in [-0.3, -0.25) is 0 Å². The molecule has 2 aromatic rings. The molecule has 2 heterocycles. The molecule has 0 unspecified atom stereocenters. The minimum atomic E-state index is -3.69. The number of nitrogens with zero attached hydrogens (tertiary/aromatic N) is 3. The lowest BCUT2D eigenvalue weighted by Crippen LogP contribution is -2.40. The van der Waals surface area contributed by atoms with E-state index >= 15 is 0 Å². The van der Waals surface area contributed by atoms with Gasteiger partial charge in [0.25, 0.3) is 10.0 Å². The molecular weight excluding hydrogens is 410 g/mol. The highest BCUT2D eigenvalue weighted by Gasteiger charge is 2.41. The zero-order chi connectivity index (χ0) is 21.4. The van der Waals surface area contributed by atoms with Gasteiger partial charge in [0.15, 0.2) is 5.03 Å². The van der Waals surface area contributed by atoms with Crippen LogP contribution in [0.15, 0.2) is 47.9 Å². The summed E-state index contributed by atoms with van der Waals surface area (Å²) in [5, 5.41) is 3.56. The van der Waals surface area contributed by atoms with Crippen molar-refractivity contribution in [3.63, 3.8) is 0 Å². The smallest absolute Gasteiger partial charge is 0.262 e. The van der Waals surface area contributed by atoms with Crippen LogP contribution in [0.5, 0.6) is 0 Å². The van der Waals surface area contributed by atoms with Crippen LogP contribution in [0.1, 0.15) is 37.2 Å². The van der Waals surface area contributed by atoms with Gasteiger partial charge < -0.3 is 9.88 Å². The van der Waals surface area contributed by atoms with Gasteiger partial charge >= 0.3 is 0 Å². The average molecular weight is 439 g/mol. The van der Waals surface area contributed by atoms with Gasteiger partial charge in [0.2, 0.25) is 5.92 Å². The second-order valence-electron chi connectivity index (χ2n) is 8.53. The van der Waals surface area contributed by atoms with Crippen LogP contribution in [0, 0.1) is 5.92 Å². The standard InChI is InChI=1S/C21H28F2N4O2S/c1-26-14-20(25-15-26)30(28,29)27-12-18(17-5-3-2-4-6-17)19(13-27)24-11-16-7-9-21(22,23)10-8-16/h2-6,14-16,18-19,24H,7-13H2,1H3/t18-,19+/m1/s1. The van der Waals surface area contributed by atoms with Gasteiger partial charge in [-0.15, -0.1) is 0 Å². The average Bonchev–Trinajstić information content (AvgIpc) is 3.35. The number of nitrogens with one attached hydrogen (secondary N) is 1. The highest BCUT2D eigenvalue weighted by Crippen LogP contribution is 2.36. The first-order valence-corrected chi connectivity index (χ1v) is 11.8. The molecule has 30 heavy (non-hydrogen) atoms. The van der Waals surface area contributed by atoms with E-state index in [9.17, 15) is 17.2 Å². The Labute approximate surface area is 176 Å². The Kier molecular flexibility index (Phi) is 5.96. The van der Waals surface area contributed by atoms with E-state index in [1.54, 1.807) is 11.6 Å². The van der Waals surface area contributed by atoms with Gasteiger partial charge in [-0.1, -0.05) is 30.3 Å². The SMILES string of the molecule is Cn1cnc(S(=O)(=O)N2C[C@H](NCC3CCC(F)(F)CC3)[C@@H](c3ccccc3)C2)c1. The van der Waals surface area contributed by atoms with Gasteiger partial charge in [-0.25, -0.2) is 22.2 Å². The predicted molar refractivity (Wildman–Crippen MR) is 110 cm³/mol. The fraction of sp³-hybridized carbons (Fsp3) is 0.571. The zero-order valence-corrected chi connectivity index (χ0v) is 17.9. The molecule has 164 valence electrons. The molecule has 0 bridgehead atoms. The van der Waals surface area contributed by atoms with Crippen molar-refractivity contribution in [2.75, 3.05) is 19.6 Å². The second kappa shape index (κ2) is 8.36. The van der Waals surface area contributed by atoms with E-state index in [0.29, 0.717) is 32.5 Å². The minimum absolute atomic E-state index is 0.00489. The molecule has 9 heteroatoms. The third kappa shape index (κ3) is 4.58. The highest BCUT2D eigenvalue weighted by molar-refractivity contribution is 7.89. The summed E-state index contributed by atoms with van der Waals surface area (Å²) < 4.78 is 56.2. The molecule has 6 nitrogen and oxygen atoms in total. The summed E-state index contributed by atoms with van der Waals surface area (Å²) >= 11 is 0. The topological polar surface area (TPSA) is 67.2 Å². The van der Waals surface area contributed by atoms with Crippen LogP contribution in [0.3, 0.4) is 0 Å². The zero-order valence-electron chi connectivity index (χ0n) is 17.0. The molecule has 2 atom stereocenters. The molecule has 0 radical (unpaired) electrons. The summed E-state index contributed by atoms with van der Waals surface area (Å²) in [5.74, 6) is -2.35. The van der Waals surface area contributed by atoms with Gasteiger partial charge in [0.05, 0.1) is 6.33 Å². The quantitative estimate of drug-likeness (QED) is 0.753. The normalized spacial score (nSPS) is 25.6. The Balaban J connectivity index is 1.49. The first kappa shape index (κ1) is 21.4. The van der Waals surface area contributed by atoms with Crippen LogP contribution >= 0.6 is 0 Å². The van der Waals surface area contributed by atoms with Gasteiger partial charge in [-0.2, -0.15) is 4.31 Å². The Morgan fingerprint density at radius 2 is 1.87 bits per heavy atom. The number of benzene rings is 1. The van der Waals surface area contributed by atoms with Crippen LogP contribution in [-0.2, 0) is 17.1 Å². The van der Waals surface area contributed by atoms with E-state index in [1.165, 1.54) is 16.8 Å². The lowest BCUT2D eigenvalue weighted by molar-refractivity contribution is -0.0456. The van der Waals surface area contributed by atoms with Crippen molar-refractivity contribution in [2.45, 2.75) is 48.6 Å². The van der Waals surface area contributed by atoms with Crippen molar-refractivity contribution >= 4 is 10.0 Å². The fourth-order valence-corrected chi connectivity index (χ4v) is 5.94. The number of alkyl halides is 2. The number of imidazole rings is 1. The number of rotatable bonds is 6. The summed E-state index contributed by atoms with van der Waals surface area (Å²) in [5.41, 5.74) is 1.07. The van der Waals surface area contributed by atoms with Gasteiger partial charge in [-0.05, 0) is 30.9 Å². The molecule has 1 aliphatic heterocycles. The third-order valence-electron chi connectivity index (χ3n) is 6.30. The first-order chi connectivity index (χ1) is 14.2. The number of aryl methyl sites for hydroxylation is 1. The number of hydrogen-bond donors (Lipinski definition) is 1. The Hall–Kier alpha value is -1.84. The molecule has 1 N–H and O–H groups in total. The van der Waals surface area contributed by atoms with Crippen LogP contribution < -0.4 is 5.32 Å². The summed E-state index contributed by atoms with van der Waals surface area (Å²) in [6.07, 6.45) is 3.86. The number of sulfonamides is 1. The van der Waals surface area contributed by atoms with Crippen LogP contribution in [0.25, 0.3) is 0 Å². The minimum Gasteiger partial charge on any atom is -0.339 e. The number of aromatic nitrogens is 2. The van der Waals surface area contributed by atoms with Crippen LogP contribution in [0.2, 0.25) is 0 Å². The lowest BCUT2D eigenvalue weighted by atomic mass is 9.86. The molecule has 1 saturated heterocycles. The predicted octanol–water partition coefficient (Wildman–Crippen LogP) is 2.99. The summed E-state index contributed by atoms with van der Waals surface area (Å²) in [6, 6.07) is 9.78. The molecule has 0 spiro atoms. The van der Waals surface area contributed by atoms with E-state index in [1.807, 2.05) is 30.3 Å². The molecular formula is C21H28F2N4O2S. The molecule has 0 amide bonds. The summed E-state index contributed by atoms with van der Waals surface area (Å²) in [4.78, 5) is 4.03. The van der Waals surface area contributed by atoms with E-state index in [2.05, 4.69) is 10.3 Å². The molecule has 2 aliphatic rings. The van der Waals surface area contributed by atoms with Crippen molar-refractivity contribution in [3.05, 3.63) is 48.4 Å². The van der Waals surface area contributed by atoms with Crippen molar-refractivity contribution in [1.29, 1.82) is 0 Å². The molecule has 1 aromatic carbocycles. The van der Waals surface area contributed by atoms with Crippen molar-refractivity contribution in [2.24, 2.45) is 13.0 Å². The Bertz CT molecular complexity index is 954. The van der Waals surface area contributed by atoms with E-state index in [4.69, 9.17) is 0 Å². The maximum atomic E-state index is 13.4. The highest BCUT2D eigenvalue weighted by atomic mass is 32.2. The largest absolute Gasteiger partial charge is 0.339 e. The molecule has 2 fully saturated rings. The van der Waals surface area contributed by atoms with Crippen LogP contribution in [-0.4, -0.2) is 53.9 Å². The second-order valence-corrected chi connectivity index (χ2v) is 10.4. The monoisotopic (exact) mass is 438 g/mol. The molecule has 1 saturated carbocycles. The third-order valence-corrected chi connectivity index (χ3v) is 8.02. The lowest BCUT2D eigenvalue weighted by Gasteiger charge is -2.30. The fourth-order valence-electron chi connectivity index (χ4n) is 4.49. The van der Waals surface area contributed by atoms with Crippen molar-refractivity contribution in [1.82, 2.24) is 19.2 Å². The summed E-state index contributed by atoms with van der Waals surface area (Å²) in [6.45, 7) is 1.33. The first-order valence-electron chi connectivity index (χ1n) is 10.4. The Morgan fingerprint density at radius 3 is 2.50 bits per heavy atom. The van der Waals surface area contributed by atoms with Gasteiger partial charge in [0, 0.05) is 51.1 Å². The van der Waals surface area contributed by atoms with Crippen molar-refractivity contribution < 1.29 is 17.2 Å². The maximum absolute atomic E-state index is 13.4. The van der Waals surface area contributed by atoms with E-state index < -0.39 is 15.9 Å². The summed E-state index contributed by atoms with van der Waals surface area (Å²) in [7, 11) is -1.95.